The van der Waals surface area contributed by atoms with Gasteiger partial charge in [-0.1, -0.05) is 43.7 Å². The van der Waals surface area contributed by atoms with Gasteiger partial charge in [-0.05, 0) is 24.3 Å². The molecule has 2 aliphatic rings. The highest BCUT2D eigenvalue weighted by molar-refractivity contribution is 6.00. The molecule has 1 aliphatic heterocycles. The van der Waals surface area contributed by atoms with Gasteiger partial charge in [0.2, 0.25) is 0 Å². The van der Waals surface area contributed by atoms with Crippen LogP contribution in [0.4, 0.5) is 0 Å². The molecule has 0 amide bonds. The molecule has 0 saturated carbocycles. The van der Waals surface area contributed by atoms with Gasteiger partial charge in [0, 0.05) is 31.8 Å². The maximum atomic E-state index is 13.2. The third-order valence-electron chi connectivity index (χ3n) is 5.13. The largest absolute Gasteiger partial charge is 0.383 e. The number of hydrogen-bond acceptors (Lipinski definition) is 5. The lowest BCUT2D eigenvalue weighted by molar-refractivity contribution is -0.119. The molecule has 1 atom stereocenters. The first-order valence-electron chi connectivity index (χ1n) is 8.86. The van der Waals surface area contributed by atoms with Crippen molar-refractivity contribution in [3.63, 3.8) is 0 Å². The van der Waals surface area contributed by atoms with Crippen LogP contribution in [0.3, 0.4) is 0 Å². The standard InChI is InChI=1S/C21H26N4O/c1-13-7-6-8-14(9-13)18-15(12-22)20(23)25(24(4)5)16-10-21(2,3)11-17(26)19(16)18/h6-9,18H,10-11,23H2,1-5H3. The van der Waals surface area contributed by atoms with Crippen molar-refractivity contribution in [2.24, 2.45) is 11.1 Å². The van der Waals surface area contributed by atoms with Gasteiger partial charge in [-0.3, -0.25) is 9.80 Å². The van der Waals surface area contributed by atoms with E-state index in [9.17, 15) is 10.1 Å². The lowest BCUT2D eigenvalue weighted by atomic mass is 9.69. The minimum atomic E-state index is -0.394. The number of nitriles is 1. The molecule has 0 bridgehead atoms. The number of nitrogens with two attached hydrogens (primary N) is 1. The maximum Gasteiger partial charge on any atom is 0.162 e. The normalized spacial score (nSPS) is 22.6. The number of allylic oxidation sites excluding steroid dienone is 3. The van der Waals surface area contributed by atoms with Crippen molar-refractivity contribution in [2.45, 2.75) is 39.5 Å². The molecule has 0 saturated heterocycles. The number of aryl methyl sites for hydroxylation is 1. The van der Waals surface area contributed by atoms with Crippen molar-refractivity contribution in [1.29, 1.82) is 5.26 Å². The fourth-order valence-electron chi connectivity index (χ4n) is 4.13. The van der Waals surface area contributed by atoms with Crippen molar-refractivity contribution in [3.8, 4) is 6.07 Å². The van der Waals surface area contributed by atoms with E-state index in [2.05, 4.69) is 19.9 Å². The number of ketones is 1. The minimum absolute atomic E-state index is 0.106. The van der Waals surface area contributed by atoms with Gasteiger partial charge in [0.15, 0.2) is 5.78 Å². The predicted octanol–water partition coefficient (Wildman–Crippen LogP) is 3.21. The fraction of sp³-hybridized carbons (Fsp3) is 0.429. The van der Waals surface area contributed by atoms with Gasteiger partial charge in [-0.15, -0.1) is 0 Å². The van der Waals surface area contributed by atoms with E-state index in [-0.39, 0.29) is 11.2 Å². The zero-order valence-electron chi connectivity index (χ0n) is 16.1. The summed E-state index contributed by atoms with van der Waals surface area (Å²) in [5, 5.41) is 13.6. The average molecular weight is 350 g/mol. The summed E-state index contributed by atoms with van der Waals surface area (Å²) >= 11 is 0. The molecule has 5 nitrogen and oxygen atoms in total. The molecule has 5 heteroatoms. The molecule has 0 fully saturated rings. The van der Waals surface area contributed by atoms with Gasteiger partial charge in [-0.25, -0.2) is 5.01 Å². The number of carbonyl (C=O) groups is 1. The molecule has 0 spiro atoms. The topological polar surface area (TPSA) is 73.4 Å². The second-order valence-electron chi connectivity index (χ2n) is 8.22. The molecule has 0 aromatic heterocycles. The summed E-state index contributed by atoms with van der Waals surface area (Å²) in [6.07, 6.45) is 1.22. The number of nitrogens with zero attached hydrogens (tertiary/aromatic N) is 3. The summed E-state index contributed by atoms with van der Waals surface area (Å²) in [6, 6.07) is 10.3. The van der Waals surface area contributed by atoms with Gasteiger partial charge in [-0.2, -0.15) is 5.26 Å². The molecule has 1 unspecified atom stereocenters. The third-order valence-corrected chi connectivity index (χ3v) is 5.13. The molecule has 0 radical (unpaired) electrons. The first-order chi connectivity index (χ1) is 12.2. The van der Waals surface area contributed by atoms with Gasteiger partial charge in [0.25, 0.3) is 0 Å². The van der Waals surface area contributed by atoms with E-state index in [1.807, 2.05) is 55.3 Å². The van der Waals surface area contributed by atoms with E-state index in [0.29, 0.717) is 17.8 Å². The number of hydrazine groups is 1. The second-order valence-corrected chi connectivity index (χ2v) is 8.22. The highest BCUT2D eigenvalue weighted by Crippen LogP contribution is 2.49. The number of benzene rings is 1. The second kappa shape index (κ2) is 6.30. The Kier molecular flexibility index (Phi) is 4.41. The van der Waals surface area contributed by atoms with E-state index in [1.54, 1.807) is 0 Å². The fourth-order valence-corrected chi connectivity index (χ4v) is 4.13. The molecule has 1 aliphatic carbocycles. The summed E-state index contributed by atoms with van der Waals surface area (Å²) in [5.41, 5.74) is 10.4. The van der Waals surface area contributed by atoms with Crippen molar-refractivity contribution in [1.82, 2.24) is 10.0 Å². The first kappa shape index (κ1) is 18.2. The van der Waals surface area contributed by atoms with Crippen molar-refractivity contribution in [2.75, 3.05) is 14.1 Å². The Balaban J connectivity index is 2.30. The number of rotatable bonds is 2. The Bertz CT molecular complexity index is 870. The molecule has 3 rings (SSSR count). The summed E-state index contributed by atoms with van der Waals surface area (Å²) in [4.78, 5) is 13.2. The van der Waals surface area contributed by atoms with Crippen LogP contribution < -0.4 is 5.73 Å². The van der Waals surface area contributed by atoms with Gasteiger partial charge < -0.3 is 5.73 Å². The van der Waals surface area contributed by atoms with Crippen LogP contribution in [-0.4, -0.2) is 29.9 Å². The van der Waals surface area contributed by atoms with Gasteiger partial charge in [0.05, 0.1) is 17.6 Å². The smallest absolute Gasteiger partial charge is 0.162 e. The highest BCUT2D eigenvalue weighted by atomic mass is 16.1. The number of carbonyl (C=O) groups excluding carboxylic acids is 1. The monoisotopic (exact) mass is 350 g/mol. The predicted molar refractivity (Wildman–Crippen MR) is 101 cm³/mol. The Morgan fingerprint density at radius 1 is 1.31 bits per heavy atom. The molecule has 26 heavy (non-hydrogen) atoms. The molecule has 1 aromatic carbocycles. The summed E-state index contributed by atoms with van der Waals surface area (Å²) in [6.45, 7) is 6.21. The summed E-state index contributed by atoms with van der Waals surface area (Å²) in [7, 11) is 3.76. The molecule has 2 N–H and O–H groups in total. The van der Waals surface area contributed by atoms with Crippen molar-refractivity contribution >= 4 is 5.78 Å². The molecule has 1 aromatic rings. The average Bonchev–Trinajstić information content (AvgIpc) is 2.52. The first-order valence-corrected chi connectivity index (χ1v) is 8.86. The van der Waals surface area contributed by atoms with E-state index < -0.39 is 5.92 Å². The van der Waals surface area contributed by atoms with E-state index in [0.717, 1.165) is 28.8 Å². The third kappa shape index (κ3) is 2.91. The Hall–Kier alpha value is -2.58. The van der Waals surface area contributed by atoms with Crippen LogP contribution in [0.1, 0.15) is 43.7 Å². The van der Waals surface area contributed by atoms with Crippen LogP contribution in [0.2, 0.25) is 0 Å². The van der Waals surface area contributed by atoms with Crippen LogP contribution in [0.15, 0.2) is 46.9 Å². The Morgan fingerprint density at radius 2 is 2.00 bits per heavy atom. The quantitative estimate of drug-likeness (QED) is 0.886. The highest BCUT2D eigenvalue weighted by Gasteiger charge is 2.44. The Morgan fingerprint density at radius 3 is 2.58 bits per heavy atom. The van der Waals surface area contributed by atoms with E-state index in [4.69, 9.17) is 5.73 Å². The lowest BCUT2D eigenvalue weighted by Gasteiger charge is -2.45. The SMILES string of the molecule is Cc1cccc(C2C(C#N)=C(N)N(N(C)C)C3=C2C(=O)CC(C)(C)C3)c1. The van der Waals surface area contributed by atoms with Crippen LogP contribution in [0, 0.1) is 23.7 Å². The van der Waals surface area contributed by atoms with Crippen LogP contribution in [0.25, 0.3) is 0 Å². The number of hydrogen-bond donors (Lipinski definition) is 1. The molecular formula is C21H26N4O. The van der Waals surface area contributed by atoms with Crippen molar-refractivity contribution < 1.29 is 4.79 Å². The van der Waals surface area contributed by atoms with E-state index >= 15 is 0 Å². The van der Waals surface area contributed by atoms with Gasteiger partial charge >= 0.3 is 0 Å². The van der Waals surface area contributed by atoms with E-state index in [1.165, 1.54) is 0 Å². The van der Waals surface area contributed by atoms with Crippen LogP contribution in [-0.2, 0) is 4.79 Å². The summed E-state index contributed by atoms with van der Waals surface area (Å²) < 4.78 is 0. The minimum Gasteiger partial charge on any atom is -0.383 e. The molecule has 1 heterocycles. The summed E-state index contributed by atoms with van der Waals surface area (Å²) in [5.74, 6) is 0.123. The Labute approximate surface area is 155 Å². The zero-order chi connectivity index (χ0) is 19.2. The maximum absolute atomic E-state index is 13.2. The molecule has 136 valence electrons. The number of Topliss-reactive ketones (excluding diaryl/α,β-unsaturated/α-hetero) is 1. The van der Waals surface area contributed by atoms with Crippen LogP contribution in [0.5, 0.6) is 0 Å². The molecular weight excluding hydrogens is 324 g/mol. The van der Waals surface area contributed by atoms with Gasteiger partial charge in [0.1, 0.15) is 5.82 Å². The zero-order valence-corrected chi connectivity index (χ0v) is 16.1. The van der Waals surface area contributed by atoms with Crippen molar-refractivity contribution in [3.05, 3.63) is 58.1 Å². The lowest BCUT2D eigenvalue weighted by Crippen LogP contribution is -2.47. The van der Waals surface area contributed by atoms with Crippen LogP contribution >= 0.6 is 0 Å².